The van der Waals surface area contributed by atoms with Crippen molar-refractivity contribution in [2.24, 2.45) is 0 Å². The van der Waals surface area contributed by atoms with E-state index in [-0.39, 0.29) is 23.9 Å². The summed E-state index contributed by atoms with van der Waals surface area (Å²) in [6, 6.07) is 12.3. The maximum Gasteiger partial charge on any atom is 0.414 e. The summed E-state index contributed by atoms with van der Waals surface area (Å²) < 4.78 is 34.5. The Balaban J connectivity index is 1.52. The summed E-state index contributed by atoms with van der Waals surface area (Å²) >= 11 is 0. The fourth-order valence-corrected chi connectivity index (χ4v) is 3.80. The van der Waals surface area contributed by atoms with Crippen LogP contribution >= 0.6 is 0 Å². The van der Waals surface area contributed by atoms with Gasteiger partial charge in [-0.2, -0.15) is 0 Å². The highest BCUT2D eigenvalue weighted by Gasteiger charge is 2.32. The van der Waals surface area contributed by atoms with Crippen LogP contribution in [0.25, 0.3) is 5.57 Å². The topological polar surface area (TPSA) is 32.8 Å². The van der Waals surface area contributed by atoms with Crippen molar-refractivity contribution in [1.29, 1.82) is 0 Å². The first kappa shape index (κ1) is 18.6. The largest absolute Gasteiger partial charge is 0.447 e. The van der Waals surface area contributed by atoms with Crippen molar-refractivity contribution in [3.63, 3.8) is 0 Å². The van der Waals surface area contributed by atoms with Gasteiger partial charge in [-0.15, -0.1) is 0 Å². The first-order valence-electron chi connectivity index (χ1n) is 9.43. The Kier molecular flexibility index (Phi) is 5.13. The summed E-state index contributed by atoms with van der Waals surface area (Å²) in [6.45, 7) is 4.17. The van der Waals surface area contributed by atoms with Crippen LogP contribution in [0.15, 0.2) is 48.5 Å². The molecule has 0 radical (unpaired) electrons. The predicted octanol–water partition coefficient (Wildman–Crippen LogP) is 4.60. The fourth-order valence-electron chi connectivity index (χ4n) is 3.80. The van der Waals surface area contributed by atoms with Gasteiger partial charge in [0.25, 0.3) is 0 Å². The van der Waals surface area contributed by atoms with Crippen LogP contribution in [0.5, 0.6) is 0 Å². The highest BCUT2D eigenvalue weighted by atomic mass is 19.1. The van der Waals surface area contributed by atoms with Gasteiger partial charge in [-0.3, -0.25) is 9.80 Å². The highest BCUT2D eigenvalue weighted by molar-refractivity contribution is 5.90. The third-order valence-electron chi connectivity index (χ3n) is 5.25. The molecule has 28 heavy (non-hydrogen) atoms. The van der Waals surface area contributed by atoms with E-state index in [0.717, 1.165) is 13.1 Å². The van der Waals surface area contributed by atoms with Gasteiger partial charge in [0.05, 0.1) is 11.7 Å². The van der Waals surface area contributed by atoms with Crippen LogP contribution in [0.1, 0.15) is 24.5 Å². The molecule has 146 valence electrons. The number of carbonyl (C=O) groups is 1. The van der Waals surface area contributed by atoms with E-state index in [1.807, 2.05) is 24.3 Å². The van der Waals surface area contributed by atoms with Crippen LogP contribution in [-0.4, -0.2) is 36.7 Å². The number of ether oxygens (including phenoxy) is 1. The summed E-state index contributed by atoms with van der Waals surface area (Å²) in [5.74, 6) is -1.30. The molecule has 4 nitrogen and oxygen atoms in total. The second-order valence-electron chi connectivity index (χ2n) is 7.28. The van der Waals surface area contributed by atoms with E-state index in [2.05, 4.69) is 17.0 Å². The summed E-state index contributed by atoms with van der Waals surface area (Å²) in [7, 11) is 0. The number of hydrogen-bond donors (Lipinski definition) is 0. The zero-order chi connectivity index (χ0) is 19.7. The van der Waals surface area contributed by atoms with Crippen molar-refractivity contribution < 1.29 is 18.3 Å². The van der Waals surface area contributed by atoms with E-state index in [1.54, 1.807) is 6.92 Å². The molecular weight excluding hydrogens is 362 g/mol. The third kappa shape index (κ3) is 3.64. The quantitative estimate of drug-likeness (QED) is 0.772. The van der Waals surface area contributed by atoms with Gasteiger partial charge in [-0.25, -0.2) is 13.6 Å². The average molecular weight is 384 g/mol. The molecule has 4 rings (SSSR count). The predicted molar refractivity (Wildman–Crippen MR) is 104 cm³/mol. The van der Waals surface area contributed by atoms with Gasteiger partial charge in [0.1, 0.15) is 18.2 Å². The van der Waals surface area contributed by atoms with Gasteiger partial charge in [0, 0.05) is 25.2 Å². The lowest BCUT2D eigenvalue weighted by Crippen LogP contribution is -2.31. The molecule has 0 saturated carbocycles. The number of amides is 1. The first-order valence-corrected chi connectivity index (χ1v) is 9.43. The highest BCUT2D eigenvalue weighted by Crippen LogP contribution is 2.32. The standard InChI is InChI=1S/C22H22F2N2O2/c1-15-14-28-22(27)26(15)18-11-19(23)21(20(24)12-18)17-7-9-25(10-8-17)13-16-5-3-2-4-6-16/h2-7,11-12,15H,8-10,13-14H2,1H3. The Hall–Kier alpha value is -2.73. The van der Waals surface area contributed by atoms with Crippen LogP contribution in [0.3, 0.4) is 0 Å². The van der Waals surface area contributed by atoms with Crippen LogP contribution < -0.4 is 4.90 Å². The average Bonchev–Trinajstić information content (AvgIpc) is 3.02. The molecule has 0 aliphatic carbocycles. The minimum absolute atomic E-state index is 0.00308. The Labute approximate surface area is 163 Å². The van der Waals surface area contributed by atoms with Crippen LogP contribution in [0, 0.1) is 11.6 Å². The molecule has 6 heteroatoms. The molecule has 0 spiro atoms. The molecule has 0 aromatic heterocycles. The summed E-state index contributed by atoms with van der Waals surface area (Å²) in [5.41, 5.74) is 2.08. The molecule has 1 amide bonds. The summed E-state index contributed by atoms with van der Waals surface area (Å²) in [5, 5.41) is 0. The smallest absolute Gasteiger partial charge is 0.414 e. The lowest BCUT2D eigenvalue weighted by molar-refractivity contribution is 0.179. The third-order valence-corrected chi connectivity index (χ3v) is 5.25. The minimum Gasteiger partial charge on any atom is -0.447 e. The van der Waals surface area contributed by atoms with Crippen LogP contribution in [0.4, 0.5) is 19.3 Å². The number of cyclic esters (lactones) is 1. The molecule has 2 aliphatic heterocycles. The van der Waals surface area contributed by atoms with Gasteiger partial charge in [-0.05, 0) is 36.6 Å². The molecule has 1 fully saturated rings. The molecule has 2 aliphatic rings. The molecule has 2 heterocycles. The maximum absolute atomic E-state index is 14.8. The van der Waals surface area contributed by atoms with Gasteiger partial charge < -0.3 is 4.74 Å². The van der Waals surface area contributed by atoms with Crippen molar-refractivity contribution in [3.05, 3.63) is 71.3 Å². The maximum atomic E-state index is 14.8. The number of nitrogens with zero attached hydrogens (tertiary/aromatic N) is 2. The minimum atomic E-state index is -0.648. The number of hydrogen-bond acceptors (Lipinski definition) is 3. The number of halogens is 2. The number of carbonyl (C=O) groups excluding carboxylic acids is 1. The SMILES string of the molecule is CC1COC(=O)N1c1cc(F)c(C2=CCN(Cc3ccccc3)CC2)c(F)c1. The van der Waals surface area contributed by atoms with Crippen molar-refractivity contribution in [1.82, 2.24) is 4.90 Å². The lowest BCUT2D eigenvalue weighted by Gasteiger charge is -2.27. The van der Waals surface area contributed by atoms with Gasteiger partial charge in [-0.1, -0.05) is 36.4 Å². The molecule has 1 unspecified atom stereocenters. The van der Waals surface area contributed by atoms with Crippen molar-refractivity contribution in [3.8, 4) is 0 Å². The summed E-state index contributed by atoms with van der Waals surface area (Å²) in [6.07, 6.45) is 1.88. The Morgan fingerprint density at radius 3 is 2.43 bits per heavy atom. The van der Waals surface area contributed by atoms with E-state index in [9.17, 15) is 13.6 Å². The van der Waals surface area contributed by atoms with Gasteiger partial charge >= 0.3 is 6.09 Å². The van der Waals surface area contributed by atoms with Crippen LogP contribution in [0.2, 0.25) is 0 Å². The molecule has 0 N–H and O–H groups in total. The summed E-state index contributed by atoms with van der Waals surface area (Å²) in [4.78, 5) is 15.3. The molecule has 2 aromatic carbocycles. The van der Waals surface area contributed by atoms with Gasteiger partial charge in [0.15, 0.2) is 0 Å². The second-order valence-corrected chi connectivity index (χ2v) is 7.28. The number of anilines is 1. The normalized spacial score (nSPS) is 20.2. The second kappa shape index (κ2) is 7.72. The molecule has 1 atom stereocenters. The molecule has 2 aromatic rings. The molecular formula is C22H22F2N2O2. The van der Waals surface area contributed by atoms with E-state index in [4.69, 9.17) is 4.74 Å². The molecule has 1 saturated heterocycles. The van der Waals surface area contributed by atoms with Crippen molar-refractivity contribution >= 4 is 17.4 Å². The van der Waals surface area contributed by atoms with Crippen LogP contribution in [-0.2, 0) is 11.3 Å². The first-order chi connectivity index (χ1) is 13.5. The van der Waals surface area contributed by atoms with E-state index in [1.165, 1.54) is 22.6 Å². The lowest BCUT2D eigenvalue weighted by atomic mass is 9.97. The Morgan fingerprint density at radius 2 is 1.86 bits per heavy atom. The van der Waals surface area contributed by atoms with Gasteiger partial charge in [0.2, 0.25) is 0 Å². The van der Waals surface area contributed by atoms with Crippen molar-refractivity contribution in [2.45, 2.75) is 25.9 Å². The number of rotatable bonds is 4. The zero-order valence-corrected chi connectivity index (χ0v) is 15.7. The fraction of sp³-hybridized carbons (Fsp3) is 0.318. The van der Waals surface area contributed by atoms with E-state index < -0.39 is 17.7 Å². The van der Waals surface area contributed by atoms with E-state index in [0.29, 0.717) is 18.5 Å². The Morgan fingerprint density at radius 1 is 1.14 bits per heavy atom. The zero-order valence-electron chi connectivity index (χ0n) is 15.7. The van der Waals surface area contributed by atoms with Crippen molar-refractivity contribution in [2.75, 3.05) is 24.6 Å². The Bertz CT molecular complexity index is 891. The molecule has 0 bridgehead atoms. The number of benzene rings is 2. The van der Waals surface area contributed by atoms with E-state index >= 15 is 0 Å². The monoisotopic (exact) mass is 384 g/mol.